The van der Waals surface area contributed by atoms with Crippen molar-refractivity contribution in [3.8, 4) is 5.75 Å². The summed E-state index contributed by atoms with van der Waals surface area (Å²) in [5.74, 6) is 0.779. The van der Waals surface area contributed by atoms with Gasteiger partial charge < -0.3 is 15.0 Å². The zero-order valence-electron chi connectivity index (χ0n) is 15.4. The van der Waals surface area contributed by atoms with Gasteiger partial charge in [-0.3, -0.25) is 4.79 Å². The summed E-state index contributed by atoms with van der Waals surface area (Å²) in [6.07, 6.45) is 0. The number of nitrogens with zero attached hydrogens (tertiary/aromatic N) is 3. The Kier molecular flexibility index (Phi) is 4.17. The van der Waals surface area contributed by atoms with Crippen molar-refractivity contribution < 1.29 is 9.53 Å². The molecule has 6 nitrogen and oxygen atoms in total. The summed E-state index contributed by atoms with van der Waals surface area (Å²) in [6, 6.07) is 12.0. The molecule has 8 heteroatoms. The van der Waals surface area contributed by atoms with Crippen molar-refractivity contribution in [2.24, 2.45) is 5.92 Å². The monoisotopic (exact) mass is 410 g/mol. The van der Waals surface area contributed by atoms with E-state index >= 15 is 0 Å². The normalized spacial score (nSPS) is 14.4. The Bertz CT molecular complexity index is 1190. The van der Waals surface area contributed by atoms with Gasteiger partial charge in [0.05, 0.1) is 33.5 Å². The average molecular weight is 411 g/mol. The fourth-order valence-electron chi connectivity index (χ4n) is 3.25. The molecule has 0 bridgehead atoms. The SMILES string of the molecule is COc1ccc2sc(N3CC(C(=O)Nc4nc5ccc(C)cc5s4)C3)nc2c1. The molecule has 3 heterocycles. The minimum absolute atomic E-state index is 0.0230. The molecular weight excluding hydrogens is 392 g/mol. The van der Waals surface area contributed by atoms with Crippen LogP contribution in [0.3, 0.4) is 0 Å². The van der Waals surface area contributed by atoms with E-state index in [-0.39, 0.29) is 11.8 Å². The van der Waals surface area contributed by atoms with Gasteiger partial charge >= 0.3 is 0 Å². The molecule has 1 fully saturated rings. The number of aryl methyl sites for hydroxylation is 1. The number of fused-ring (bicyclic) bond motifs is 2. The van der Waals surface area contributed by atoms with Gasteiger partial charge in [0, 0.05) is 19.2 Å². The van der Waals surface area contributed by atoms with Crippen LogP contribution in [0.5, 0.6) is 5.75 Å². The van der Waals surface area contributed by atoms with E-state index in [1.807, 2.05) is 30.3 Å². The molecule has 0 aliphatic carbocycles. The Hall–Kier alpha value is -2.71. The predicted molar refractivity (Wildman–Crippen MR) is 115 cm³/mol. The number of carbonyl (C=O) groups excluding carboxylic acids is 1. The molecule has 2 aromatic heterocycles. The number of amides is 1. The van der Waals surface area contributed by atoms with Crippen LogP contribution in [0, 0.1) is 12.8 Å². The summed E-state index contributed by atoms with van der Waals surface area (Å²) in [4.78, 5) is 23.9. The van der Waals surface area contributed by atoms with E-state index < -0.39 is 0 Å². The minimum Gasteiger partial charge on any atom is -0.497 e. The second-order valence-electron chi connectivity index (χ2n) is 6.91. The fourth-order valence-corrected chi connectivity index (χ4v) is 5.18. The van der Waals surface area contributed by atoms with Crippen LogP contribution in [-0.4, -0.2) is 36.1 Å². The van der Waals surface area contributed by atoms with Crippen molar-refractivity contribution in [2.45, 2.75) is 6.92 Å². The molecule has 1 aliphatic rings. The predicted octanol–water partition coefficient (Wildman–Crippen LogP) is 4.30. The molecule has 2 aromatic carbocycles. The van der Waals surface area contributed by atoms with Crippen LogP contribution in [0.4, 0.5) is 10.3 Å². The van der Waals surface area contributed by atoms with Gasteiger partial charge in [0.15, 0.2) is 10.3 Å². The summed E-state index contributed by atoms with van der Waals surface area (Å²) in [7, 11) is 1.65. The number of aromatic nitrogens is 2. The molecular formula is C20H18N4O2S2. The highest BCUT2D eigenvalue weighted by atomic mass is 32.1. The van der Waals surface area contributed by atoms with Gasteiger partial charge in [-0.1, -0.05) is 28.7 Å². The molecule has 0 spiro atoms. The van der Waals surface area contributed by atoms with Crippen LogP contribution in [-0.2, 0) is 4.79 Å². The van der Waals surface area contributed by atoms with Crippen molar-refractivity contribution in [3.63, 3.8) is 0 Å². The van der Waals surface area contributed by atoms with E-state index in [0.717, 1.165) is 31.3 Å². The Morgan fingerprint density at radius 2 is 1.96 bits per heavy atom. The molecule has 0 radical (unpaired) electrons. The summed E-state index contributed by atoms with van der Waals surface area (Å²) < 4.78 is 7.47. The molecule has 28 heavy (non-hydrogen) atoms. The average Bonchev–Trinajstić information content (AvgIpc) is 3.22. The highest BCUT2D eigenvalue weighted by Crippen LogP contribution is 2.35. The van der Waals surface area contributed by atoms with Gasteiger partial charge in [0.1, 0.15) is 5.75 Å². The summed E-state index contributed by atoms with van der Waals surface area (Å²) in [5, 5.41) is 4.58. The maximum atomic E-state index is 12.6. The minimum atomic E-state index is -0.0460. The third-order valence-corrected chi connectivity index (χ3v) is 6.91. The molecule has 0 unspecified atom stereocenters. The fraction of sp³-hybridized carbons (Fsp3) is 0.250. The van der Waals surface area contributed by atoms with E-state index in [0.29, 0.717) is 18.2 Å². The van der Waals surface area contributed by atoms with Crippen LogP contribution in [0.25, 0.3) is 20.4 Å². The zero-order chi connectivity index (χ0) is 19.3. The number of rotatable bonds is 4. The van der Waals surface area contributed by atoms with E-state index in [2.05, 4.69) is 33.2 Å². The number of nitrogens with one attached hydrogen (secondary N) is 1. The van der Waals surface area contributed by atoms with Crippen molar-refractivity contribution in [2.75, 3.05) is 30.4 Å². The van der Waals surface area contributed by atoms with E-state index in [1.165, 1.54) is 16.9 Å². The van der Waals surface area contributed by atoms with Gasteiger partial charge in [-0.25, -0.2) is 9.97 Å². The molecule has 1 aliphatic heterocycles. The van der Waals surface area contributed by atoms with Gasteiger partial charge in [-0.15, -0.1) is 0 Å². The van der Waals surface area contributed by atoms with Crippen LogP contribution in [0.1, 0.15) is 5.56 Å². The molecule has 1 saturated heterocycles. The van der Waals surface area contributed by atoms with Crippen LogP contribution in [0.2, 0.25) is 0 Å². The lowest BCUT2D eigenvalue weighted by molar-refractivity contribution is -0.120. The summed E-state index contributed by atoms with van der Waals surface area (Å²) >= 11 is 3.16. The first-order valence-corrected chi connectivity index (χ1v) is 10.6. The van der Waals surface area contributed by atoms with Crippen molar-refractivity contribution in [3.05, 3.63) is 42.0 Å². The third-order valence-electron chi connectivity index (χ3n) is 4.88. The molecule has 4 aromatic rings. The highest BCUT2D eigenvalue weighted by Gasteiger charge is 2.34. The molecule has 1 N–H and O–H groups in total. The van der Waals surface area contributed by atoms with Gasteiger partial charge in [-0.05, 0) is 36.8 Å². The Balaban J connectivity index is 1.25. The largest absolute Gasteiger partial charge is 0.497 e. The van der Waals surface area contributed by atoms with Crippen LogP contribution < -0.4 is 15.0 Å². The maximum Gasteiger partial charge on any atom is 0.232 e. The number of carbonyl (C=O) groups is 1. The van der Waals surface area contributed by atoms with Crippen LogP contribution in [0.15, 0.2) is 36.4 Å². The third kappa shape index (κ3) is 3.08. The molecule has 0 atom stereocenters. The van der Waals surface area contributed by atoms with Crippen molar-refractivity contribution >= 4 is 59.3 Å². The van der Waals surface area contributed by atoms with Gasteiger partial charge in [0.25, 0.3) is 0 Å². The number of ether oxygens (including phenoxy) is 1. The number of anilines is 2. The zero-order valence-corrected chi connectivity index (χ0v) is 17.1. The number of benzene rings is 2. The van der Waals surface area contributed by atoms with Crippen LogP contribution >= 0.6 is 22.7 Å². The van der Waals surface area contributed by atoms with Crippen molar-refractivity contribution in [1.29, 1.82) is 0 Å². The van der Waals surface area contributed by atoms with E-state index in [4.69, 9.17) is 4.74 Å². The Labute approximate surface area is 169 Å². The van der Waals surface area contributed by atoms with E-state index in [1.54, 1.807) is 18.4 Å². The first kappa shape index (κ1) is 17.4. The standard InChI is InChI=1S/C20H18N4O2S2/c1-11-3-5-14-17(7-11)27-19(21-14)23-18(25)12-9-24(10-12)20-22-15-8-13(26-2)4-6-16(15)28-20/h3-8,12H,9-10H2,1-2H3,(H,21,23,25). The molecule has 142 valence electrons. The first-order chi connectivity index (χ1) is 13.6. The summed E-state index contributed by atoms with van der Waals surface area (Å²) in [6.45, 7) is 3.40. The van der Waals surface area contributed by atoms with Crippen molar-refractivity contribution in [1.82, 2.24) is 9.97 Å². The first-order valence-electron chi connectivity index (χ1n) is 8.96. The highest BCUT2D eigenvalue weighted by molar-refractivity contribution is 7.22. The molecule has 1 amide bonds. The molecule has 5 rings (SSSR count). The topological polar surface area (TPSA) is 67.3 Å². The Morgan fingerprint density at radius 3 is 2.79 bits per heavy atom. The second kappa shape index (κ2) is 6.72. The smallest absolute Gasteiger partial charge is 0.232 e. The lowest BCUT2D eigenvalue weighted by atomic mass is 10.0. The maximum absolute atomic E-state index is 12.6. The Morgan fingerprint density at radius 1 is 1.11 bits per heavy atom. The van der Waals surface area contributed by atoms with E-state index in [9.17, 15) is 4.79 Å². The number of hydrogen-bond acceptors (Lipinski definition) is 7. The quantitative estimate of drug-likeness (QED) is 0.543. The molecule has 0 saturated carbocycles. The number of hydrogen-bond donors (Lipinski definition) is 1. The second-order valence-corrected chi connectivity index (χ2v) is 8.95. The summed E-state index contributed by atoms with van der Waals surface area (Å²) in [5.41, 5.74) is 3.04. The lowest BCUT2D eigenvalue weighted by Crippen LogP contribution is -2.52. The van der Waals surface area contributed by atoms with Gasteiger partial charge in [0.2, 0.25) is 5.91 Å². The van der Waals surface area contributed by atoms with Gasteiger partial charge in [-0.2, -0.15) is 0 Å². The lowest BCUT2D eigenvalue weighted by Gasteiger charge is -2.37. The number of thiazole rings is 2. The number of methoxy groups -OCH3 is 1.